The number of furan rings is 1. The molecule has 60 heavy (non-hydrogen) atoms. The molecular formula is C57H38N2O. The maximum absolute atomic E-state index is 6.30. The summed E-state index contributed by atoms with van der Waals surface area (Å²) in [5, 5.41) is 7.18. The molecule has 2 aromatic heterocycles. The van der Waals surface area contributed by atoms with Gasteiger partial charge >= 0.3 is 0 Å². The third kappa shape index (κ3) is 5.51. The van der Waals surface area contributed by atoms with Crippen molar-refractivity contribution in [2.75, 3.05) is 0 Å². The molecule has 0 radical (unpaired) electrons. The van der Waals surface area contributed by atoms with Crippen molar-refractivity contribution >= 4 is 43.5 Å². The highest BCUT2D eigenvalue weighted by Crippen LogP contribution is 2.53. The summed E-state index contributed by atoms with van der Waals surface area (Å²) in [6.07, 6.45) is 0. The van der Waals surface area contributed by atoms with E-state index >= 15 is 0 Å². The van der Waals surface area contributed by atoms with Crippen LogP contribution >= 0.6 is 0 Å². The molecule has 9 aromatic carbocycles. The van der Waals surface area contributed by atoms with Crippen molar-refractivity contribution in [1.29, 1.82) is 0 Å². The van der Waals surface area contributed by atoms with Crippen LogP contribution < -0.4 is 0 Å². The zero-order chi connectivity index (χ0) is 40.0. The van der Waals surface area contributed by atoms with Crippen molar-refractivity contribution in [3.05, 3.63) is 205 Å². The van der Waals surface area contributed by atoms with Gasteiger partial charge in [0.15, 0.2) is 5.82 Å². The van der Waals surface area contributed by atoms with E-state index in [1.54, 1.807) is 0 Å². The molecule has 0 saturated heterocycles. The molecule has 0 atom stereocenters. The Morgan fingerprint density at radius 1 is 0.367 bits per heavy atom. The van der Waals surface area contributed by atoms with E-state index in [1.165, 1.54) is 54.9 Å². The van der Waals surface area contributed by atoms with Gasteiger partial charge in [-0.1, -0.05) is 159 Å². The van der Waals surface area contributed by atoms with E-state index in [9.17, 15) is 0 Å². The second kappa shape index (κ2) is 13.2. The maximum atomic E-state index is 6.30. The molecule has 12 rings (SSSR count). The predicted octanol–water partition coefficient (Wildman–Crippen LogP) is 15.3. The van der Waals surface area contributed by atoms with Crippen LogP contribution in [0.25, 0.3) is 111 Å². The molecule has 3 heteroatoms. The highest BCUT2D eigenvalue weighted by atomic mass is 16.3. The summed E-state index contributed by atoms with van der Waals surface area (Å²) in [5.41, 5.74) is 16.6. The van der Waals surface area contributed by atoms with Crippen molar-refractivity contribution < 1.29 is 4.42 Å². The number of aromatic nitrogens is 2. The highest BCUT2D eigenvalue weighted by molar-refractivity contribution is 6.11. The quantitative estimate of drug-likeness (QED) is 0.175. The Morgan fingerprint density at radius 3 is 1.75 bits per heavy atom. The molecule has 2 heterocycles. The molecule has 0 N–H and O–H groups in total. The third-order valence-corrected chi connectivity index (χ3v) is 12.6. The Hall–Kier alpha value is -7.62. The number of nitrogens with zero attached hydrogens (tertiary/aromatic N) is 2. The molecule has 0 bridgehead atoms. The predicted molar refractivity (Wildman–Crippen MR) is 249 cm³/mol. The van der Waals surface area contributed by atoms with Gasteiger partial charge in [0.25, 0.3) is 0 Å². The maximum Gasteiger partial charge on any atom is 0.160 e. The molecule has 0 spiro atoms. The Balaban J connectivity index is 0.942. The lowest BCUT2D eigenvalue weighted by Crippen LogP contribution is -2.14. The minimum atomic E-state index is -0.111. The summed E-state index contributed by atoms with van der Waals surface area (Å²) in [5.74, 6) is 0.700. The van der Waals surface area contributed by atoms with E-state index < -0.39 is 0 Å². The summed E-state index contributed by atoms with van der Waals surface area (Å²) < 4.78 is 6.30. The van der Waals surface area contributed by atoms with Gasteiger partial charge in [-0.25, -0.2) is 9.97 Å². The van der Waals surface area contributed by atoms with Crippen molar-refractivity contribution in [3.63, 3.8) is 0 Å². The van der Waals surface area contributed by atoms with E-state index in [0.29, 0.717) is 5.82 Å². The van der Waals surface area contributed by atoms with Crippen molar-refractivity contribution in [2.24, 2.45) is 0 Å². The monoisotopic (exact) mass is 766 g/mol. The molecule has 0 fully saturated rings. The van der Waals surface area contributed by atoms with Crippen LogP contribution in [0.4, 0.5) is 0 Å². The van der Waals surface area contributed by atoms with E-state index in [0.717, 1.165) is 61.1 Å². The molecule has 282 valence electrons. The van der Waals surface area contributed by atoms with E-state index in [4.69, 9.17) is 14.4 Å². The molecule has 1 aliphatic carbocycles. The summed E-state index contributed by atoms with van der Waals surface area (Å²) in [4.78, 5) is 10.4. The summed E-state index contributed by atoms with van der Waals surface area (Å²) in [6, 6.07) is 69.6. The van der Waals surface area contributed by atoms with E-state index in [-0.39, 0.29) is 5.41 Å². The molecule has 3 nitrogen and oxygen atoms in total. The van der Waals surface area contributed by atoms with Gasteiger partial charge in [-0.05, 0) is 115 Å². The van der Waals surface area contributed by atoms with Crippen LogP contribution in [0, 0.1) is 0 Å². The first-order valence-electron chi connectivity index (χ1n) is 20.6. The fourth-order valence-electron chi connectivity index (χ4n) is 9.49. The lowest BCUT2D eigenvalue weighted by atomic mass is 9.81. The molecule has 0 saturated carbocycles. The first-order valence-corrected chi connectivity index (χ1v) is 20.6. The zero-order valence-corrected chi connectivity index (χ0v) is 33.3. The minimum absolute atomic E-state index is 0.111. The Kier molecular flexibility index (Phi) is 7.58. The second-order valence-electron chi connectivity index (χ2n) is 16.6. The van der Waals surface area contributed by atoms with Crippen LogP contribution in [0.15, 0.2) is 199 Å². The van der Waals surface area contributed by atoms with Crippen molar-refractivity contribution in [1.82, 2.24) is 9.97 Å². The topological polar surface area (TPSA) is 38.9 Å². The van der Waals surface area contributed by atoms with Gasteiger partial charge in [-0.2, -0.15) is 0 Å². The lowest BCUT2D eigenvalue weighted by Gasteiger charge is -2.22. The van der Waals surface area contributed by atoms with Gasteiger partial charge in [-0.15, -0.1) is 0 Å². The first kappa shape index (κ1) is 34.4. The van der Waals surface area contributed by atoms with E-state index in [2.05, 4.69) is 190 Å². The number of hydrogen-bond donors (Lipinski definition) is 0. The molecule has 0 aliphatic heterocycles. The van der Waals surface area contributed by atoms with Crippen LogP contribution in [-0.2, 0) is 5.41 Å². The smallest absolute Gasteiger partial charge is 0.160 e. The normalized spacial score (nSPS) is 13.0. The average Bonchev–Trinajstić information content (AvgIpc) is 3.77. The Bertz CT molecular complexity index is 3500. The number of benzene rings is 9. The van der Waals surface area contributed by atoms with Crippen molar-refractivity contribution in [3.8, 4) is 67.3 Å². The lowest BCUT2D eigenvalue weighted by molar-refractivity contribution is 0.661. The fourth-order valence-corrected chi connectivity index (χ4v) is 9.49. The minimum Gasteiger partial charge on any atom is -0.456 e. The third-order valence-electron chi connectivity index (χ3n) is 12.6. The Labute approximate surface area is 348 Å². The van der Waals surface area contributed by atoms with Crippen LogP contribution in [0.1, 0.15) is 25.0 Å². The van der Waals surface area contributed by atoms with Crippen LogP contribution in [-0.4, -0.2) is 9.97 Å². The van der Waals surface area contributed by atoms with Gasteiger partial charge in [0, 0.05) is 32.9 Å². The van der Waals surface area contributed by atoms with Crippen LogP contribution in [0.5, 0.6) is 0 Å². The largest absolute Gasteiger partial charge is 0.456 e. The van der Waals surface area contributed by atoms with Crippen LogP contribution in [0.3, 0.4) is 0 Å². The van der Waals surface area contributed by atoms with Gasteiger partial charge < -0.3 is 4.42 Å². The second-order valence-corrected chi connectivity index (χ2v) is 16.6. The number of hydrogen-bond acceptors (Lipinski definition) is 3. The van der Waals surface area contributed by atoms with Gasteiger partial charge in [0.1, 0.15) is 11.2 Å². The molecular weight excluding hydrogens is 729 g/mol. The molecule has 0 unspecified atom stereocenters. The molecule has 0 amide bonds. The summed E-state index contributed by atoms with van der Waals surface area (Å²) in [6.45, 7) is 4.71. The zero-order valence-electron chi connectivity index (χ0n) is 33.3. The summed E-state index contributed by atoms with van der Waals surface area (Å²) >= 11 is 0. The standard InChI is InChI=1S/C57H38N2O/c1-57(2)49-21-11-20-45(55(49)48-31-39-15-6-8-16-40(39)32-50(48)57)43-18-10-19-44(28-43)52-34-51(58-56(59-52)37-12-4-3-5-13-37)36-24-22-35(23-25-36)42-26-27-53-46(30-42)47-29-38-14-7-9-17-41(38)33-54(47)60-53/h3-34H,1-2H3. The van der Waals surface area contributed by atoms with E-state index in [1.807, 2.05) is 18.2 Å². The van der Waals surface area contributed by atoms with Crippen molar-refractivity contribution in [2.45, 2.75) is 19.3 Å². The first-order chi connectivity index (χ1) is 29.4. The Morgan fingerprint density at radius 2 is 0.967 bits per heavy atom. The van der Waals surface area contributed by atoms with Gasteiger partial charge in [-0.3, -0.25) is 0 Å². The fraction of sp³-hybridized carbons (Fsp3) is 0.0526. The van der Waals surface area contributed by atoms with Gasteiger partial charge in [0.2, 0.25) is 0 Å². The summed E-state index contributed by atoms with van der Waals surface area (Å²) in [7, 11) is 0. The SMILES string of the molecule is CC1(C)c2cc3ccccc3cc2-c2c(-c3cccc(-c4cc(-c5ccc(-c6ccc7oc8cc9ccccc9cc8c7c6)cc5)nc(-c5ccccc5)n4)c3)cccc21. The number of rotatable bonds is 5. The highest BCUT2D eigenvalue weighted by Gasteiger charge is 2.37. The molecule has 11 aromatic rings. The average molecular weight is 767 g/mol. The van der Waals surface area contributed by atoms with Gasteiger partial charge in [0.05, 0.1) is 11.4 Å². The van der Waals surface area contributed by atoms with Crippen LogP contribution in [0.2, 0.25) is 0 Å². The molecule has 1 aliphatic rings. The number of fused-ring (bicyclic) bond motifs is 8.